The van der Waals surface area contributed by atoms with E-state index in [0.29, 0.717) is 0 Å². The largest absolute Gasteiger partial charge is 0.193 e. The predicted octanol–water partition coefficient (Wildman–Crippen LogP) is 2.85. The third kappa shape index (κ3) is 1.48. The van der Waals surface area contributed by atoms with Crippen molar-refractivity contribution in [1.29, 1.82) is 5.26 Å². The smallest absolute Gasteiger partial charge is 0.0947 e. The van der Waals surface area contributed by atoms with E-state index in [-0.39, 0.29) is 0 Å². The first-order chi connectivity index (χ1) is 6.29. The van der Waals surface area contributed by atoms with Crippen molar-refractivity contribution in [3.05, 3.63) is 40.5 Å². The van der Waals surface area contributed by atoms with Gasteiger partial charge in [0.25, 0.3) is 0 Å². The van der Waals surface area contributed by atoms with Crippen molar-refractivity contribution < 1.29 is 0 Å². The number of allylic oxidation sites excluding steroid dienone is 1. The monoisotopic (exact) mass is 169 g/mol. The van der Waals surface area contributed by atoms with Crippen molar-refractivity contribution >= 4 is 6.08 Å². The van der Waals surface area contributed by atoms with Crippen LogP contribution in [-0.4, -0.2) is 0 Å². The van der Waals surface area contributed by atoms with E-state index in [1.807, 2.05) is 6.08 Å². The summed E-state index contributed by atoms with van der Waals surface area (Å²) in [6.07, 6.45) is 3.90. The molecule has 64 valence electrons. The van der Waals surface area contributed by atoms with Crippen LogP contribution in [0.3, 0.4) is 0 Å². The van der Waals surface area contributed by atoms with Gasteiger partial charge in [-0.15, -0.1) is 0 Å². The lowest BCUT2D eigenvalue weighted by Gasteiger charge is -2.12. The summed E-state index contributed by atoms with van der Waals surface area (Å²) in [7, 11) is 0. The summed E-state index contributed by atoms with van der Waals surface area (Å²) in [5.74, 6) is 0. The van der Waals surface area contributed by atoms with Crippen molar-refractivity contribution in [2.24, 2.45) is 0 Å². The predicted molar refractivity (Wildman–Crippen MR) is 53.1 cm³/mol. The molecule has 0 bridgehead atoms. The maximum Gasteiger partial charge on any atom is 0.0947 e. The second-order valence-electron chi connectivity index (χ2n) is 3.48. The first-order valence-corrected chi connectivity index (χ1v) is 4.50. The summed E-state index contributed by atoms with van der Waals surface area (Å²) in [5.41, 5.74) is 4.79. The Kier molecular flexibility index (Phi) is 1.90. The van der Waals surface area contributed by atoms with Gasteiger partial charge in [-0.05, 0) is 37.0 Å². The third-order valence-electron chi connectivity index (χ3n) is 2.44. The van der Waals surface area contributed by atoms with Gasteiger partial charge in [0.2, 0.25) is 0 Å². The number of fused-ring (bicyclic) bond motifs is 1. The minimum absolute atomic E-state index is 0.896. The molecule has 13 heavy (non-hydrogen) atoms. The molecule has 0 aliphatic heterocycles. The normalized spacial score (nSPS) is 14.3. The Balaban J connectivity index is 2.50. The zero-order chi connectivity index (χ0) is 9.26. The van der Waals surface area contributed by atoms with Crippen LogP contribution in [0.5, 0.6) is 0 Å². The molecular formula is C12H11N. The maximum atomic E-state index is 8.75. The molecule has 1 aliphatic carbocycles. The zero-order valence-corrected chi connectivity index (χ0v) is 7.67. The highest BCUT2D eigenvalue weighted by Crippen LogP contribution is 2.24. The molecule has 0 radical (unpaired) electrons. The summed E-state index contributed by atoms with van der Waals surface area (Å²) < 4.78 is 0. The number of hydrogen-bond donors (Lipinski definition) is 0. The van der Waals surface area contributed by atoms with Gasteiger partial charge in [-0.3, -0.25) is 0 Å². The van der Waals surface area contributed by atoms with Crippen LogP contribution < -0.4 is 0 Å². The van der Waals surface area contributed by atoms with Gasteiger partial charge in [-0.25, -0.2) is 0 Å². The molecule has 1 aromatic carbocycles. The van der Waals surface area contributed by atoms with Crippen LogP contribution in [0.2, 0.25) is 0 Å². The first kappa shape index (κ1) is 8.07. The summed E-state index contributed by atoms with van der Waals surface area (Å²) in [6.45, 7) is 2.10. The minimum atomic E-state index is 0.896. The van der Waals surface area contributed by atoms with Crippen molar-refractivity contribution in [1.82, 2.24) is 0 Å². The van der Waals surface area contributed by atoms with Crippen molar-refractivity contribution in [3.63, 3.8) is 0 Å². The fraction of sp³-hybridized carbons (Fsp3) is 0.250. The Morgan fingerprint density at radius 3 is 2.92 bits per heavy atom. The number of nitriles is 1. The van der Waals surface area contributed by atoms with Gasteiger partial charge in [-0.1, -0.05) is 23.8 Å². The summed E-state index contributed by atoms with van der Waals surface area (Å²) >= 11 is 0. The van der Waals surface area contributed by atoms with E-state index < -0.39 is 0 Å². The van der Waals surface area contributed by atoms with Crippen LogP contribution in [0.1, 0.15) is 23.1 Å². The van der Waals surface area contributed by atoms with E-state index in [9.17, 15) is 0 Å². The second kappa shape index (κ2) is 3.06. The molecule has 0 aromatic heterocycles. The van der Waals surface area contributed by atoms with Gasteiger partial charge in [0, 0.05) is 5.57 Å². The van der Waals surface area contributed by atoms with Crippen LogP contribution >= 0.6 is 0 Å². The molecule has 0 saturated heterocycles. The fourth-order valence-electron chi connectivity index (χ4n) is 1.71. The Bertz CT molecular complexity index is 408. The van der Waals surface area contributed by atoms with Gasteiger partial charge >= 0.3 is 0 Å². The van der Waals surface area contributed by atoms with Crippen LogP contribution in [0.15, 0.2) is 23.8 Å². The lowest BCUT2D eigenvalue weighted by atomic mass is 9.92. The maximum absolute atomic E-state index is 8.75. The minimum Gasteiger partial charge on any atom is -0.193 e. The highest BCUT2D eigenvalue weighted by Gasteiger charge is 2.09. The number of aryl methyl sites for hydroxylation is 2. The van der Waals surface area contributed by atoms with Crippen LogP contribution in [0.25, 0.3) is 6.08 Å². The molecule has 0 spiro atoms. The molecular weight excluding hydrogens is 158 g/mol. The zero-order valence-electron chi connectivity index (χ0n) is 7.67. The highest BCUT2D eigenvalue weighted by molar-refractivity contribution is 5.63. The average molecular weight is 169 g/mol. The van der Waals surface area contributed by atoms with E-state index in [1.54, 1.807) is 0 Å². The fourth-order valence-corrected chi connectivity index (χ4v) is 1.71. The number of hydrogen-bond acceptors (Lipinski definition) is 1. The molecule has 0 amide bonds. The number of rotatable bonds is 0. The van der Waals surface area contributed by atoms with E-state index in [2.05, 4.69) is 31.2 Å². The van der Waals surface area contributed by atoms with E-state index >= 15 is 0 Å². The summed E-state index contributed by atoms with van der Waals surface area (Å²) in [6, 6.07) is 8.62. The molecule has 0 unspecified atom stereocenters. The van der Waals surface area contributed by atoms with Crippen molar-refractivity contribution in [2.75, 3.05) is 0 Å². The second-order valence-corrected chi connectivity index (χ2v) is 3.48. The van der Waals surface area contributed by atoms with Crippen LogP contribution in [0.4, 0.5) is 0 Å². The van der Waals surface area contributed by atoms with Crippen molar-refractivity contribution in [2.45, 2.75) is 19.8 Å². The standard InChI is InChI=1S/C12H11N/c1-9-2-4-12-7-10(8-13)3-5-11(12)6-9/h2,4,6-7H,3,5H2,1H3. The molecule has 1 heteroatoms. The molecule has 0 heterocycles. The van der Waals surface area contributed by atoms with E-state index in [0.717, 1.165) is 18.4 Å². The third-order valence-corrected chi connectivity index (χ3v) is 2.44. The quantitative estimate of drug-likeness (QED) is 0.585. The number of nitrogens with zero attached hydrogens (tertiary/aromatic N) is 1. The molecule has 0 N–H and O–H groups in total. The Labute approximate surface area is 78.3 Å². The summed E-state index contributed by atoms with van der Waals surface area (Å²) in [5, 5.41) is 8.75. The van der Waals surface area contributed by atoms with Crippen molar-refractivity contribution in [3.8, 4) is 6.07 Å². The molecule has 1 aromatic rings. The SMILES string of the molecule is Cc1ccc2c(c1)CCC(C#N)=C2. The van der Waals surface area contributed by atoms with Gasteiger partial charge in [0.15, 0.2) is 0 Å². The van der Waals surface area contributed by atoms with Gasteiger partial charge in [0.1, 0.15) is 0 Å². The average Bonchev–Trinajstić information content (AvgIpc) is 2.17. The Hall–Kier alpha value is -1.55. The number of benzene rings is 1. The summed E-state index contributed by atoms with van der Waals surface area (Å²) in [4.78, 5) is 0. The van der Waals surface area contributed by atoms with E-state index in [4.69, 9.17) is 5.26 Å². The molecule has 2 rings (SSSR count). The topological polar surface area (TPSA) is 23.8 Å². The first-order valence-electron chi connectivity index (χ1n) is 4.50. The molecule has 1 aliphatic rings. The van der Waals surface area contributed by atoms with Gasteiger partial charge < -0.3 is 0 Å². The Morgan fingerprint density at radius 1 is 1.31 bits per heavy atom. The van der Waals surface area contributed by atoms with Gasteiger partial charge in [0.05, 0.1) is 6.07 Å². The van der Waals surface area contributed by atoms with Crippen LogP contribution in [-0.2, 0) is 6.42 Å². The lowest BCUT2D eigenvalue weighted by Crippen LogP contribution is -1.98. The van der Waals surface area contributed by atoms with Gasteiger partial charge in [-0.2, -0.15) is 5.26 Å². The molecule has 0 fully saturated rings. The molecule has 1 nitrogen and oxygen atoms in total. The molecule has 0 atom stereocenters. The molecule has 0 saturated carbocycles. The van der Waals surface area contributed by atoms with Crippen LogP contribution in [0, 0.1) is 18.3 Å². The lowest BCUT2D eigenvalue weighted by molar-refractivity contribution is 0.951. The van der Waals surface area contributed by atoms with E-state index in [1.165, 1.54) is 16.7 Å². The highest BCUT2D eigenvalue weighted by atomic mass is 14.3. The Morgan fingerprint density at radius 2 is 2.15 bits per heavy atom.